The van der Waals surface area contributed by atoms with Gasteiger partial charge < -0.3 is 15.8 Å². The Kier molecular flexibility index (Phi) is 4.11. The van der Waals surface area contributed by atoms with Crippen molar-refractivity contribution < 1.29 is 9.53 Å². The van der Waals surface area contributed by atoms with Crippen molar-refractivity contribution in [2.75, 3.05) is 19.5 Å². The van der Waals surface area contributed by atoms with Crippen LogP contribution in [0.25, 0.3) is 0 Å². The summed E-state index contributed by atoms with van der Waals surface area (Å²) in [6.07, 6.45) is 3.12. The number of rotatable bonds is 5. The van der Waals surface area contributed by atoms with E-state index in [2.05, 4.69) is 10.4 Å². The first-order chi connectivity index (χ1) is 7.11. The number of nitrogen functional groups attached to an aromatic ring is 1. The smallest absolute Gasteiger partial charge is 0.242 e. The molecular weight excluding hydrogens is 196 g/mol. The Morgan fingerprint density at radius 3 is 3.07 bits per heavy atom. The molecule has 3 N–H and O–H groups in total. The van der Waals surface area contributed by atoms with Crippen molar-refractivity contribution in [1.82, 2.24) is 15.1 Å². The zero-order chi connectivity index (χ0) is 11.3. The minimum Gasteiger partial charge on any atom is -0.396 e. The van der Waals surface area contributed by atoms with Gasteiger partial charge in [0, 0.05) is 19.3 Å². The van der Waals surface area contributed by atoms with Crippen LogP contribution >= 0.6 is 0 Å². The van der Waals surface area contributed by atoms with E-state index in [4.69, 9.17) is 10.5 Å². The molecule has 1 atom stereocenters. The Morgan fingerprint density at radius 2 is 2.53 bits per heavy atom. The Morgan fingerprint density at radius 1 is 1.80 bits per heavy atom. The number of amides is 1. The summed E-state index contributed by atoms with van der Waals surface area (Å²) < 4.78 is 6.39. The highest BCUT2D eigenvalue weighted by Crippen LogP contribution is 1.97. The lowest BCUT2D eigenvalue weighted by molar-refractivity contribution is -0.122. The van der Waals surface area contributed by atoms with E-state index in [-0.39, 0.29) is 18.5 Å². The molecule has 6 heteroatoms. The summed E-state index contributed by atoms with van der Waals surface area (Å²) in [5.74, 6) is -0.109. The van der Waals surface area contributed by atoms with Crippen LogP contribution in [0.15, 0.2) is 12.4 Å². The highest BCUT2D eigenvalue weighted by molar-refractivity contribution is 5.76. The maximum atomic E-state index is 11.4. The number of nitrogens with one attached hydrogen (secondary N) is 1. The number of nitrogens with two attached hydrogens (primary N) is 1. The number of hydrogen-bond donors (Lipinski definition) is 2. The predicted molar refractivity (Wildman–Crippen MR) is 56.1 cm³/mol. The van der Waals surface area contributed by atoms with Crippen molar-refractivity contribution in [2.45, 2.75) is 19.5 Å². The Labute approximate surface area is 88.4 Å². The first-order valence-electron chi connectivity index (χ1n) is 4.68. The van der Waals surface area contributed by atoms with E-state index >= 15 is 0 Å². The summed E-state index contributed by atoms with van der Waals surface area (Å²) in [7, 11) is 1.59. The standard InChI is InChI=1S/C9H16N4O2/c1-7(6-15-2)12-9(14)5-13-4-8(10)3-11-13/h3-4,7H,5-6,10H2,1-2H3,(H,12,14). The van der Waals surface area contributed by atoms with E-state index in [9.17, 15) is 4.79 Å². The molecule has 0 aromatic carbocycles. The van der Waals surface area contributed by atoms with E-state index in [0.29, 0.717) is 12.3 Å². The maximum absolute atomic E-state index is 11.4. The second-order valence-electron chi connectivity index (χ2n) is 3.40. The molecule has 0 spiro atoms. The van der Waals surface area contributed by atoms with Crippen molar-refractivity contribution in [3.8, 4) is 0 Å². The minimum atomic E-state index is -0.109. The van der Waals surface area contributed by atoms with Gasteiger partial charge in [0.25, 0.3) is 0 Å². The van der Waals surface area contributed by atoms with Crippen LogP contribution in [0.5, 0.6) is 0 Å². The summed E-state index contributed by atoms with van der Waals surface area (Å²) in [5.41, 5.74) is 6.02. The molecule has 0 aliphatic rings. The molecule has 0 saturated carbocycles. The van der Waals surface area contributed by atoms with Crippen LogP contribution in [0.4, 0.5) is 5.69 Å². The van der Waals surface area contributed by atoms with Crippen LogP contribution in [-0.2, 0) is 16.1 Å². The molecular formula is C9H16N4O2. The zero-order valence-electron chi connectivity index (χ0n) is 8.93. The highest BCUT2D eigenvalue weighted by Gasteiger charge is 2.07. The van der Waals surface area contributed by atoms with Crippen molar-refractivity contribution in [1.29, 1.82) is 0 Å². The highest BCUT2D eigenvalue weighted by atomic mass is 16.5. The summed E-state index contributed by atoms with van der Waals surface area (Å²) in [6.45, 7) is 2.54. The van der Waals surface area contributed by atoms with Crippen LogP contribution in [-0.4, -0.2) is 35.4 Å². The van der Waals surface area contributed by atoms with Crippen LogP contribution in [0.1, 0.15) is 6.92 Å². The van der Waals surface area contributed by atoms with Gasteiger partial charge in [-0.1, -0.05) is 0 Å². The third-order valence-electron chi connectivity index (χ3n) is 1.78. The third-order valence-corrected chi connectivity index (χ3v) is 1.78. The summed E-state index contributed by atoms with van der Waals surface area (Å²) in [6, 6.07) is -0.00425. The average molecular weight is 212 g/mol. The zero-order valence-corrected chi connectivity index (χ0v) is 8.93. The molecule has 0 aliphatic heterocycles. The molecule has 0 fully saturated rings. The number of aromatic nitrogens is 2. The van der Waals surface area contributed by atoms with E-state index in [1.165, 1.54) is 10.9 Å². The fourth-order valence-electron chi connectivity index (χ4n) is 1.23. The lowest BCUT2D eigenvalue weighted by Gasteiger charge is -2.12. The molecule has 15 heavy (non-hydrogen) atoms. The maximum Gasteiger partial charge on any atom is 0.242 e. The van der Waals surface area contributed by atoms with Crippen LogP contribution < -0.4 is 11.1 Å². The van der Waals surface area contributed by atoms with Gasteiger partial charge in [0.15, 0.2) is 0 Å². The van der Waals surface area contributed by atoms with Crippen molar-refractivity contribution in [3.63, 3.8) is 0 Å². The fraction of sp³-hybridized carbons (Fsp3) is 0.556. The number of hydrogen-bond acceptors (Lipinski definition) is 4. The van der Waals surface area contributed by atoms with Crippen LogP contribution in [0.3, 0.4) is 0 Å². The molecule has 1 amide bonds. The van der Waals surface area contributed by atoms with Gasteiger partial charge in [-0.05, 0) is 6.92 Å². The second-order valence-corrected chi connectivity index (χ2v) is 3.40. The molecule has 0 radical (unpaired) electrons. The van der Waals surface area contributed by atoms with Gasteiger partial charge >= 0.3 is 0 Å². The monoisotopic (exact) mass is 212 g/mol. The molecule has 6 nitrogen and oxygen atoms in total. The number of ether oxygens (including phenoxy) is 1. The van der Waals surface area contributed by atoms with Gasteiger partial charge in [-0.2, -0.15) is 5.10 Å². The van der Waals surface area contributed by atoms with Crippen molar-refractivity contribution in [2.24, 2.45) is 0 Å². The summed E-state index contributed by atoms with van der Waals surface area (Å²) in [5, 5.41) is 6.68. The molecule has 0 saturated heterocycles. The molecule has 1 unspecified atom stereocenters. The van der Waals surface area contributed by atoms with Gasteiger partial charge in [0.1, 0.15) is 6.54 Å². The van der Waals surface area contributed by atoms with Gasteiger partial charge in [-0.15, -0.1) is 0 Å². The molecule has 84 valence electrons. The topological polar surface area (TPSA) is 82.2 Å². The Bertz CT molecular complexity index is 324. The average Bonchev–Trinajstić information content (AvgIpc) is 2.51. The quantitative estimate of drug-likeness (QED) is 0.696. The molecule has 1 aromatic heterocycles. The first-order valence-corrected chi connectivity index (χ1v) is 4.68. The number of anilines is 1. The second kappa shape index (κ2) is 5.35. The minimum absolute atomic E-state index is 0.00425. The molecule has 1 heterocycles. The lowest BCUT2D eigenvalue weighted by atomic mass is 10.3. The van der Waals surface area contributed by atoms with E-state index in [1.807, 2.05) is 6.92 Å². The molecule has 1 aromatic rings. The summed E-state index contributed by atoms with van der Waals surface area (Å²) >= 11 is 0. The largest absolute Gasteiger partial charge is 0.396 e. The number of methoxy groups -OCH3 is 1. The van der Waals surface area contributed by atoms with Gasteiger partial charge in [0.05, 0.1) is 18.5 Å². The predicted octanol–water partition coefficient (Wildman–Crippen LogP) is -0.384. The van der Waals surface area contributed by atoms with Gasteiger partial charge in [-0.3, -0.25) is 9.48 Å². The molecule has 0 aliphatic carbocycles. The van der Waals surface area contributed by atoms with Crippen LogP contribution in [0.2, 0.25) is 0 Å². The Hall–Kier alpha value is -1.56. The summed E-state index contributed by atoms with van der Waals surface area (Å²) in [4.78, 5) is 11.4. The molecule has 1 rings (SSSR count). The first kappa shape index (κ1) is 11.5. The van der Waals surface area contributed by atoms with Gasteiger partial charge in [-0.25, -0.2) is 0 Å². The number of nitrogens with zero attached hydrogens (tertiary/aromatic N) is 2. The molecule has 0 bridgehead atoms. The van der Waals surface area contributed by atoms with Crippen molar-refractivity contribution >= 4 is 11.6 Å². The Balaban J connectivity index is 2.36. The van der Waals surface area contributed by atoms with Gasteiger partial charge in [0.2, 0.25) is 5.91 Å². The lowest BCUT2D eigenvalue weighted by Crippen LogP contribution is -2.37. The number of carbonyl (C=O) groups is 1. The third kappa shape index (κ3) is 3.99. The number of carbonyl (C=O) groups excluding carboxylic acids is 1. The van der Waals surface area contributed by atoms with Crippen LogP contribution in [0, 0.1) is 0 Å². The normalized spacial score (nSPS) is 12.4. The SMILES string of the molecule is COCC(C)NC(=O)Cn1cc(N)cn1. The van der Waals surface area contributed by atoms with E-state index in [1.54, 1.807) is 13.3 Å². The van der Waals surface area contributed by atoms with Crippen molar-refractivity contribution in [3.05, 3.63) is 12.4 Å². The van der Waals surface area contributed by atoms with E-state index < -0.39 is 0 Å². The van der Waals surface area contributed by atoms with E-state index in [0.717, 1.165) is 0 Å². The fourth-order valence-corrected chi connectivity index (χ4v) is 1.23.